The van der Waals surface area contributed by atoms with Crippen molar-refractivity contribution < 1.29 is 22.4 Å². The molecule has 8 nitrogen and oxygen atoms in total. The first-order valence-electron chi connectivity index (χ1n) is 8.07. The summed E-state index contributed by atoms with van der Waals surface area (Å²) in [6, 6.07) is 6.47. The first-order chi connectivity index (χ1) is 12.0. The van der Waals surface area contributed by atoms with Crippen LogP contribution in [0.1, 0.15) is 50.8 Å². The van der Waals surface area contributed by atoms with Crippen molar-refractivity contribution in [2.24, 2.45) is 0 Å². The number of carbonyl (C=O) groups is 1. The Morgan fingerprint density at radius 3 is 2.62 bits per heavy atom. The Kier molecular flexibility index (Phi) is 5.70. The molecule has 0 bridgehead atoms. The van der Waals surface area contributed by atoms with Crippen molar-refractivity contribution in [2.75, 3.05) is 0 Å². The summed E-state index contributed by atoms with van der Waals surface area (Å²) in [7, 11) is -3.78. The Hall–Kier alpha value is -2.42. The zero-order valence-corrected chi connectivity index (χ0v) is 16.3. The van der Waals surface area contributed by atoms with Crippen LogP contribution in [0.5, 0.6) is 0 Å². The van der Waals surface area contributed by atoms with Gasteiger partial charge in [-0.15, -0.1) is 5.10 Å². The van der Waals surface area contributed by atoms with E-state index in [0.29, 0.717) is 5.56 Å². The van der Waals surface area contributed by atoms with E-state index in [9.17, 15) is 13.2 Å². The molecule has 0 saturated carbocycles. The fourth-order valence-electron chi connectivity index (χ4n) is 2.15. The van der Waals surface area contributed by atoms with Gasteiger partial charge in [0.1, 0.15) is 11.6 Å². The van der Waals surface area contributed by atoms with Gasteiger partial charge >= 0.3 is 11.3 Å². The first-order valence-corrected chi connectivity index (χ1v) is 9.73. The highest BCUT2D eigenvalue weighted by molar-refractivity contribution is 7.90. The molecule has 1 aromatic carbocycles. The molecule has 1 heterocycles. The van der Waals surface area contributed by atoms with Gasteiger partial charge in [0.25, 0.3) is 0 Å². The van der Waals surface area contributed by atoms with Gasteiger partial charge in [-0.2, -0.15) is 0 Å². The van der Waals surface area contributed by atoms with E-state index in [4.69, 9.17) is 9.15 Å². The predicted octanol–water partition coefficient (Wildman–Crippen LogP) is 2.94. The Labute approximate surface area is 152 Å². The van der Waals surface area contributed by atoms with Crippen LogP contribution >= 0.6 is 0 Å². The highest BCUT2D eigenvalue weighted by atomic mass is 32.2. The van der Waals surface area contributed by atoms with Gasteiger partial charge in [-0.1, -0.05) is 34.9 Å². The van der Waals surface area contributed by atoms with E-state index in [0.717, 1.165) is 5.56 Å². The zero-order chi connectivity index (χ0) is 19.5. The minimum atomic E-state index is -3.78. The number of nitrogens with one attached hydrogen (secondary N) is 1. The summed E-state index contributed by atoms with van der Waals surface area (Å²) in [5.74, 6) is -0.261. The van der Waals surface area contributed by atoms with Gasteiger partial charge in [0.05, 0.1) is 5.75 Å². The molecule has 0 aliphatic rings. The summed E-state index contributed by atoms with van der Waals surface area (Å²) in [5.41, 5.74) is 0.935. The molecular formula is C17H23N3O5S. The lowest BCUT2D eigenvalue weighted by atomic mass is 10.2. The second-order valence-corrected chi connectivity index (χ2v) is 8.89. The molecule has 0 fully saturated rings. The summed E-state index contributed by atoms with van der Waals surface area (Å²) >= 11 is 0. The number of carbonyl (C=O) groups excluding carboxylic acids is 1. The van der Waals surface area contributed by atoms with E-state index < -0.39 is 32.8 Å². The number of nitrogens with zero attached hydrogens (tertiary/aromatic N) is 2. The molecule has 1 amide bonds. The van der Waals surface area contributed by atoms with E-state index in [1.165, 1.54) is 0 Å². The molecule has 0 radical (unpaired) electrons. The van der Waals surface area contributed by atoms with E-state index in [1.807, 2.05) is 13.0 Å². The Morgan fingerprint density at radius 1 is 1.31 bits per heavy atom. The number of benzene rings is 1. The number of alkyl carbamates (subject to hydrolysis) is 1. The number of sulfone groups is 1. The van der Waals surface area contributed by atoms with Crippen LogP contribution in [0, 0.1) is 6.92 Å². The van der Waals surface area contributed by atoms with Crippen LogP contribution in [0.15, 0.2) is 33.9 Å². The lowest BCUT2D eigenvalue weighted by Crippen LogP contribution is -2.34. The van der Waals surface area contributed by atoms with Gasteiger partial charge in [-0.25, -0.2) is 13.2 Å². The average molecular weight is 381 g/mol. The molecule has 1 aromatic heterocycles. The largest absolute Gasteiger partial charge is 0.444 e. The van der Waals surface area contributed by atoms with Crippen LogP contribution in [-0.4, -0.2) is 30.3 Å². The van der Waals surface area contributed by atoms with Gasteiger partial charge in [-0.3, -0.25) is 0 Å². The third-order valence-electron chi connectivity index (χ3n) is 3.23. The molecule has 0 unspecified atom stereocenters. The topological polar surface area (TPSA) is 111 Å². The molecule has 1 N–H and O–H groups in total. The number of hydrogen-bond donors (Lipinski definition) is 1. The maximum atomic E-state index is 12.5. The van der Waals surface area contributed by atoms with Gasteiger partial charge in [0.15, 0.2) is 0 Å². The third-order valence-corrected chi connectivity index (χ3v) is 4.64. The van der Waals surface area contributed by atoms with E-state index >= 15 is 0 Å². The van der Waals surface area contributed by atoms with Crippen LogP contribution in [0.4, 0.5) is 4.79 Å². The molecular weight excluding hydrogens is 358 g/mol. The average Bonchev–Trinajstić information content (AvgIpc) is 2.95. The smallest absolute Gasteiger partial charge is 0.408 e. The van der Waals surface area contributed by atoms with Gasteiger partial charge in [-0.05, 0) is 40.2 Å². The second-order valence-electron chi connectivity index (χ2n) is 7.02. The van der Waals surface area contributed by atoms with Crippen molar-refractivity contribution in [3.63, 3.8) is 0 Å². The van der Waals surface area contributed by atoms with Crippen LogP contribution in [0.3, 0.4) is 0 Å². The number of hydrogen-bond acceptors (Lipinski definition) is 7. The molecule has 142 valence electrons. The predicted molar refractivity (Wildman–Crippen MR) is 94.2 cm³/mol. The van der Waals surface area contributed by atoms with Crippen LogP contribution in [0.25, 0.3) is 0 Å². The van der Waals surface area contributed by atoms with E-state index in [2.05, 4.69) is 15.5 Å². The number of ether oxygens (including phenoxy) is 1. The number of rotatable bonds is 5. The van der Waals surface area contributed by atoms with Crippen molar-refractivity contribution >= 4 is 15.9 Å². The highest BCUT2D eigenvalue weighted by Gasteiger charge is 2.26. The maximum Gasteiger partial charge on any atom is 0.408 e. The first kappa shape index (κ1) is 19.9. The molecule has 0 spiro atoms. The minimum absolute atomic E-state index is 0.0151. The molecule has 2 rings (SSSR count). The van der Waals surface area contributed by atoms with Crippen molar-refractivity contribution in [1.82, 2.24) is 15.5 Å². The fraction of sp³-hybridized carbons (Fsp3) is 0.471. The summed E-state index contributed by atoms with van der Waals surface area (Å²) in [6.07, 6.45) is -0.660. The molecule has 9 heteroatoms. The Bertz CT molecular complexity index is 884. The lowest BCUT2D eigenvalue weighted by Gasteiger charge is -2.20. The third kappa shape index (κ3) is 5.55. The van der Waals surface area contributed by atoms with Crippen LogP contribution in [-0.2, 0) is 20.3 Å². The standard InChI is InChI=1S/C17H23N3O5S/c1-11-7-6-8-13(9-11)10-26(22,23)16-20-19-14(24-16)12(2)18-15(21)25-17(3,4)5/h6-9,12H,10H2,1-5H3,(H,18,21)/t12-/m0/s1. The molecule has 0 aliphatic carbocycles. The quantitative estimate of drug-likeness (QED) is 0.847. The number of amides is 1. The van der Waals surface area contributed by atoms with Crippen molar-refractivity contribution in [2.45, 2.75) is 57.2 Å². The lowest BCUT2D eigenvalue weighted by molar-refractivity contribution is 0.0500. The summed E-state index contributed by atoms with van der Waals surface area (Å²) in [4.78, 5) is 11.8. The summed E-state index contributed by atoms with van der Waals surface area (Å²) < 4.78 is 35.3. The maximum absolute atomic E-state index is 12.5. The zero-order valence-electron chi connectivity index (χ0n) is 15.4. The molecule has 1 atom stereocenters. The molecule has 0 aliphatic heterocycles. The van der Waals surface area contributed by atoms with Crippen LogP contribution in [0.2, 0.25) is 0 Å². The van der Waals surface area contributed by atoms with Crippen LogP contribution < -0.4 is 5.32 Å². The number of aromatic nitrogens is 2. The van der Waals surface area contributed by atoms with E-state index in [1.54, 1.807) is 45.9 Å². The molecule has 2 aromatic rings. The second kappa shape index (κ2) is 7.45. The SMILES string of the molecule is Cc1cccc(CS(=O)(=O)c2nnc([C@H](C)NC(=O)OC(C)(C)C)o2)c1. The monoisotopic (exact) mass is 381 g/mol. The van der Waals surface area contributed by atoms with Crippen molar-refractivity contribution in [3.05, 3.63) is 41.3 Å². The minimum Gasteiger partial charge on any atom is -0.444 e. The van der Waals surface area contributed by atoms with Gasteiger partial charge in [0, 0.05) is 0 Å². The molecule has 26 heavy (non-hydrogen) atoms. The fourth-order valence-corrected chi connectivity index (χ4v) is 3.27. The molecule has 0 saturated heterocycles. The van der Waals surface area contributed by atoms with Crippen molar-refractivity contribution in [3.8, 4) is 0 Å². The summed E-state index contributed by atoms with van der Waals surface area (Å²) in [6.45, 7) is 8.68. The highest BCUT2D eigenvalue weighted by Crippen LogP contribution is 2.19. The Morgan fingerprint density at radius 2 is 2.00 bits per heavy atom. The normalized spacial score (nSPS) is 13.3. The van der Waals surface area contributed by atoms with Gasteiger partial charge in [0.2, 0.25) is 15.7 Å². The van der Waals surface area contributed by atoms with Crippen molar-refractivity contribution in [1.29, 1.82) is 0 Å². The number of aryl methyl sites for hydroxylation is 1. The van der Waals surface area contributed by atoms with E-state index in [-0.39, 0.29) is 11.6 Å². The Balaban J connectivity index is 2.09. The summed E-state index contributed by atoms with van der Waals surface area (Å²) in [5, 5.41) is 9.38. The van der Waals surface area contributed by atoms with Gasteiger partial charge < -0.3 is 14.5 Å².